The van der Waals surface area contributed by atoms with Crippen molar-refractivity contribution in [1.29, 1.82) is 0 Å². The minimum absolute atomic E-state index is 0.0144. The molecule has 2 aliphatic rings. The van der Waals surface area contributed by atoms with Gasteiger partial charge in [-0.15, -0.1) is 0 Å². The zero-order valence-corrected chi connectivity index (χ0v) is 20.0. The van der Waals surface area contributed by atoms with Gasteiger partial charge in [0, 0.05) is 31.1 Å². The van der Waals surface area contributed by atoms with Crippen molar-refractivity contribution in [1.82, 2.24) is 10.2 Å². The molecule has 2 aromatic carbocycles. The number of hydrogen-bond donors (Lipinski definition) is 4. The Kier molecular flexibility index (Phi) is 7.58. The van der Waals surface area contributed by atoms with E-state index in [4.69, 9.17) is 9.47 Å². The van der Waals surface area contributed by atoms with Crippen LogP contribution >= 0.6 is 0 Å². The summed E-state index contributed by atoms with van der Waals surface area (Å²) in [7, 11) is 1.45. The Morgan fingerprint density at radius 1 is 1.17 bits per heavy atom. The maximum Gasteiger partial charge on any atom is 0.247 e. The highest BCUT2D eigenvalue weighted by molar-refractivity contribution is 5.96. The van der Waals surface area contributed by atoms with Crippen LogP contribution in [0.4, 0.5) is 4.39 Å². The van der Waals surface area contributed by atoms with Gasteiger partial charge in [-0.2, -0.15) is 0 Å². The minimum Gasteiger partial charge on any atom is -0.493 e. The molecule has 1 aliphatic carbocycles. The number of ether oxygens (including phenoxy) is 2. The zero-order chi connectivity index (χ0) is 26.0. The monoisotopic (exact) mass is 500 g/mol. The fraction of sp³-hybridized carbons (Fsp3) is 0.385. The van der Waals surface area contributed by atoms with Crippen LogP contribution in [0.5, 0.6) is 11.5 Å². The van der Waals surface area contributed by atoms with Gasteiger partial charge >= 0.3 is 0 Å². The molecule has 1 heterocycles. The fourth-order valence-corrected chi connectivity index (χ4v) is 4.83. The maximum atomic E-state index is 13.4. The van der Waals surface area contributed by atoms with E-state index in [0.29, 0.717) is 28.2 Å². The van der Waals surface area contributed by atoms with Crippen LogP contribution < -0.4 is 14.8 Å². The van der Waals surface area contributed by atoms with Crippen LogP contribution in [0, 0.1) is 5.82 Å². The molecule has 0 fully saturated rings. The average molecular weight is 501 g/mol. The average Bonchev–Trinajstić information content (AvgIpc) is 3.26. The number of rotatable bonds is 8. The first-order valence-electron chi connectivity index (χ1n) is 11.6. The molecule has 0 saturated carbocycles. The van der Waals surface area contributed by atoms with Crippen molar-refractivity contribution < 1.29 is 38.8 Å². The van der Waals surface area contributed by atoms with Crippen LogP contribution in [0.15, 0.2) is 48.0 Å². The summed E-state index contributed by atoms with van der Waals surface area (Å²) in [6.07, 6.45) is -0.605. The smallest absolute Gasteiger partial charge is 0.247 e. The highest BCUT2D eigenvalue weighted by atomic mass is 19.1. The van der Waals surface area contributed by atoms with Gasteiger partial charge in [0.15, 0.2) is 11.5 Å². The number of hydrogen-bond acceptors (Lipinski definition) is 7. The van der Waals surface area contributed by atoms with Gasteiger partial charge in [-0.25, -0.2) is 4.39 Å². The SMILES string of the molecule is COc1cc(CO)cc2c1OC1C2C(C(=O)NCCO)=CC(N(Cc2ccc(F)cc2)C(C)=O)C1O. The van der Waals surface area contributed by atoms with E-state index in [2.05, 4.69) is 5.32 Å². The van der Waals surface area contributed by atoms with Crippen molar-refractivity contribution in [2.75, 3.05) is 20.3 Å². The second-order valence-corrected chi connectivity index (χ2v) is 8.79. The lowest BCUT2D eigenvalue weighted by Crippen LogP contribution is -2.55. The van der Waals surface area contributed by atoms with E-state index < -0.39 is 35.9 Å². The van der Waals surface area contributed by atoms with E-state index in [0.717, 1.165) is 0 Å². The topological polar surface area (TPSA) is 129 Å². The first-order valence-corrected chi connectivity index (χ1v) is 11.6. The second kappa shape index (κ2) is 10.7. The van der Waals surface area contributed by atoms with Crippen molar-refractivity contribution in [3.63, 3.8) is 0 Å². The number of aliphatic hydroxyl groups excluding tert-OH is 3. The Bertz CT molecular complexity index is 1170. The number of amides is 2. The van der Waals surface area contributed by atoms with Crippen LogP contribution in [-0.2, 0) is 22.7 Å². The summed E-state index contributed by atoms with van der Waals surface area (Å²) >= 11 is 0. The summed E-state index contributed by atoms with van der Waals surface area (Å²) in [6, 6.07) is 8.05. The molecular weight excluding hydrogens is 471 g/mol. The summed E-state index contributed by atoms with van der Waals surface area (Å²) in [4.78, 5) is 27.3. The maximum absolute atomic E-state index is 13.4. The first-order chi connectivity index (χ1) is 17.3. The molecule has 192 valence electrons. The Hall–Kier alpha value is -3.47. The highest BCUT2D eigenvalue weighted by Gasteiger charge is 2.51. The van der Waals surface area contributed by atoms with Crippen LogP contribution in [0.3, 0.4) is 0 Å². The van der Waals surface area contributed by atoms with E-state index in [1.807, 2.05) is 0 Å². The Balaban J connectivity index is 1.79. The summed E-state index contributed by atoms with van der Waals surface area (Å²) in [5, 5.41) is 33.0. The largest absolute Gasteiger partial charge is 0.493 e. The third-order valence-electron chi connectivity index (χ3n) is 6.53. The quantitative estimate of drug-likeness (QED) is 0.426. The number of fused-ring (bicyclic) bond motifs is 3. The molecule has 0 bridgehead atoms. The van der Waals surface area contributed by atoms with Crippen LogP contribution in [0.25, 0.3) is 0 Å². The molecule has 9 nitrogen and oxygen atoms in total. The van der Waals surface area contributed by atoms with Crippen molar-refractivity contribution in [2.24, 2.45) is 0 Å². The lowest BCUT2D eigenvalue weighted by Gasteiger charge is -2.40. The predicted octanol–water partition coefficient (Wildman–Crippen LogP) is 0.998. The van der Waals surface area contributed by atoms with Gasteiger partial charge in [-0.1, -0.05) is 12.1 Å². The summed E-state index contributed by atoms with van der Waals surface area (Å²) in [5.74, 6) is -1.26. The van der Waals surface area contributed by atoms with Gasteiger partial charge in [0.1, 0.15) is 18.0 Å². The normalized spacial score (nSPS) is 22.1. The van der Waals surface area contributed by atoms with E-state index >= 15 is 0 Å². The highest BCUT2D eigenvalue weighted by Crippen LogP contribution is 2.51. The molecule has 0 saturated heterocycles. The molecule has 36 heavy (non-hydrogen) atoms. The zero-order valence-electron chi connectivity index (χ0n) is 20.0. The second-order valence-electron chi connectivity index (χ2n) is 8.79. The van der Waals surface area contributed by atoms with Crippen LogP contribution in [0.1, 0.15) is 29.5 Å². The van der Waals surface area contributed by atoms with E-state index in [1.54, 1.807) is 30.3 Å². The van der Waals surface area contributed by atoms with E-state index in [1.165, 1.54) is 31.1 Å². The number of nitrogens with one attached hydrogen (secondary N) is 1. The van der Waals surface area contributed by atoms with Gasteiger partial charge < -0.3 is 35.0 Å². The number of carbonyl (C=O) groups is 2. The summed E-state index contributed by atoms with van der Waals surface area (Å²) in [5.41, 5.74) is 2.01. The van der Waals surface area contributed by atoms with Crippen molar-refractivity contribution >= 4 is 11.8 Å². The number of benzene rings is 2. The number of carbonyl (C=O) groups excluding carboxylic acids is 2. The molecule has 4 unspecified atom stereocenters. The first kappa shape index (κ1) is 25.6. The van der Waals surface area contributed by atoms with Gasteiger partial charge in [0.2, 0.25) is 11.8 Å². The van der Waals surface area contributed by atoms with Crippen LogP contribution in [0.2, 0.25) is 0 Å². The standard InChI is InChI=1S/C26H29FN2O7/c1-14(32)29(12-15-3-5-17(27)6-4-15)20-11-19(26(34)28-7-8-30)22-18-9-16(13-31)10-21(35-2)24(18)36-25(22)23(20)33/h3-6,9-11,20,22-23,25,30-31,33H,7-8,12-13H2,1-2H3,(H,28,34). The molecule has 4 rings (SSSR count). The molecule has 2 aromatic rings. The Labute approximate surface area is 207 Å². The number of halogens is 1. The molecular formula is C26H29FN2O7. The van der Waals surface area contributed by atoms with E-state index in [-0.39, 0.29) is 37.8 Å². The molecule has 1 aliphatic heterocycles. The van der Waals surface area contributed by atoms with Gasteiger partial charge in [-0.3, -0.25) is 9.59 Å². The molecule has 2 amide bonds. The molecule has 4 atom stereocenters. The van der Waals surface area contributed by atoms with E-state index in [9.17, 15) is 29.3 Å². The molecule has 0 spiro atoms. The molecule has 10 heteroatoms. The lowest BCUT2D eigenvalue weighted by molar-refractivity contribution is -0.135. The van der Waals surface area contributed by atoms with Crippen molar-refractivity contribution in [3.8, 4) is 11.5 Å². The number of nitrogens with zero attached hydrogens (tertiary/aromatic N) is 1. The minimum atomic E-state index is -1.22. The Morgan fingerprint density at radius 2 is 1.89 bits per heavy atom. The third-order valence-corrected chi connectivity index (χ3v) is 6.53. The van der Waals surface area contributed by atoms with Gasteiger partial charge in [0.25, 0.3) is 0 Å². The third kappa shape index (κ3) is 4.79. The van der Waals surface area contributed by atoms with Gasteiger partial charge in [0.05, 0.1) is 32.3 Å². The van der Waals surface area contributed by atoms with Gasteiger partial charge in [-0.05, 0) is 41.5 Å². The number of methoxy groups -OCH3 is 1. The molecule has 0 radical (unpaired) electrons. The Morgan fingerprint density at radius 3 is 2.50 bits per heavy atom. The predicted molar refractivity (Wildman–Crippen MR) is 127 cm³/mol. The van der Waals surface area contributed by atoms with Crippen LogP contribution in [-0.4, -0.2) is 70.5 Å². The fourth-order valence-electron chi connectivity index (χ4n) is 4.83. The summed E-state index contributed by atoms with van der Waals surface area (Å²) < 4.78 is 25.0. The molecule has 4 N–H and O–H groups in total. The van der Waals surface area contributed by atoms with Crippen molar-refractivity contribution in [3.05, 3.63) is 70.6 Å². The number of aliphatic hydroxyl groups is 3. The molecule has 0 aromatic heterocycles. The van der Waals surface area contributed by atoms with Crippen molar-refractivity contribution in [2.45, 2.75) is 44.2 Å². The summed E-state index contributed by atoms with van der Waals surface area (Å²) in [6.45, 7) is 0.904. The lowest BCUT2D eigenvalue weighted by atomic mass is 9.77.